The van der Waals surface area contributed by atoms with Gasteiger partial charge in [-0.05, 0) is 24.1 Å². The van der Waals surface area contributed by atoms with Crippen LogP contribution in [0.3, 0.4) is 0 Å². The molecule has 164 valence electrons. The summed E-state index contributed by atoms with van der Waals surface area (Å²) in [6.45, 7) is 1.16. The zero-order chi connectivity index (χ0) is 21.3. The van der Waals surface area contributed by atoms with Crippen LogP contribution in [0.5, 0.6) is 0 Å². The smallest absolute Gasteiger partial charge is 0.224 e. The lowest BCUT2D eigenvalue weighted by Crippen LogP contribution is -2.41. The van der Waals surface area contributed by atoms with Crippen molar-refractivity contribution < 1.29 is 18.0 Å². The molecule has 0 aliphatic carbocycles. The van der Waals surface area contributed by atoms with E-state index >= 15 is 0 Å². The van der Waals surface area contributed by atoms with Gasteiger partial charge in [-0.25, -0.2) is 27.8 Å². The topological polar surface area (TPSA) is 103 Å². The van der Waals surface area contributed by atoms with Crippen LogP contribution in [0, 0.1) is 17.5 Å². The number of aromatic nitrogens is 5. The summed E-state index contributed by atoms with van der Waals surface area (Å²) in [7, 11) is 0. The molecule has 0 saturated heterocycles. The number of carbonyl (C=O) groups excluding carboxylic acids is 1. The molecule has 31 heavy (non-hydrogen) atoms. The van der Waals surface area contributed by atoms with Crippen molar-refractivity contribution in [1.82, 2.24) is 29.9 Å². The quantitative estimate of drug-likeness (QED) is 0.592. The van der Waals surface area contributed by atoms with Crippen molar-refractivity contribution in [2.45, 2.75) is 32.0 Å². The first-order valence-electron chi connectivity index (χ1n) is 9.28. The minimum atomic E-state index is -1.26. The Labute approximate surface area is 181 Å². The summed E-state index contributed by atoms with van der Waals surface area (Å²) in [6, 6.07) is 2.21. The fourth-order valence-corrected chi connectivity index (χ4v) is 3.42. The molecule has 1 aromatic carbocycles. The van der Waals surface area contributed by atoms with E-state index in [9.17, 15) is 18.0 Å². The van der Waals surface area contributed by atoms with E-state index in [1.807, 2.05) is 0 Å². The molecule has 8 nitrogen and oxygen atoms in total. The first kappa shape index (κ1) is 22.6. The number of nitrogens with zero attached hydrogens (tertiary/aromatic N) is 6. The molecular formula is C19H19ClF3N7O. The Morgan fingerprint density at radius 3 is 2.68 bits per heavy atom. The van der Waals surface area contributed by atoms with Gasteiger partial charge in [0.1, 0.15) is 17.8 Å². The highest BCUT2D eigenvalue weighted by molar-refractivity contribution is 5.85. The molecule has 2 aromatic heterocycles. The third-order valence-electron chi connectivity index (χ3n) is 4.95. The highest BCUT2D eigenvalue weighted by Gasteiger charge is 2.27. The predicted octanol–water partition coefficient (Wildman–Crippen LogP) is 1.88. The molecule has 0 bridgehead atoms. The number of amides is 1. The SMILES string of the molecule is Cl.N[C@@H](CC(=O)N1CCn2nnc(-c3ccncn3)c2C1)Cc1cc(F)c(F)cc1F. The van der Waals surface area contributed by atoms with Crippen LogP contribution in [0.1, 0.15) is 17.7 Å². The molecule has 1 atom stereocenters. The fraction of sp³-hybridized carbons (Fsp3) is 0.316. The molecule has 4 rings (SSSR count). The zero-order valence-electron chi connectivity index (χ0n) is 16.2. The number of halogens is 4. The van der Waals surface area contributed by atoms with Crippen molar-refractivity contribution in [1.29, 1.82) is 0 Å². The van der Waals surface area contributed by atoms with Crippen LogP contribution in [0.2, 0.25) is 0 Å². The van der Waals surface area contributed by atoms with E-state index in [1.54, 1.807) is 21.8 Å². The van der Waals surface area contributed by atoms with Crippen LogP contribution >= 0.6 is 12.4 Å². The minimum absolute atomic E-state index is 0. The summed E-state index contributed by atoms with van der Waals surface area (Å²) in [4.78, 5) is 22.4. The van der Waals surface area contributed by atoms with Crippen molar-refractivity contribution in [3.63, 3.8) is 0 Å². The number of hydrogen-bond donors (Lipinski definition) is 1. The lowest BCUT2D eigenvalue weighted by Gasteiger charge is -2.28. The first-order chi connectivity index (χ1) is 14.4. The van der Waals surface area contributed by atoms with Crippen molar-refractivity contribution in [2.24, 2.45) is 5.73 Å². The highest BCUT2D eigenvalue weighted by atomic mass is 35.5. The number of rotatable bonds is 5. The molecule has 0 spiro atoms. The molecule has 0 saturated carbocycles. The summed E-state index contributed by atoms with van der Waals surface area (Å²) in [5.41, 5.74) is 7.84. The average molecular weight is 454 g/mol. The maximum absolute atomic E-state index is 13.8. The number of benzene rings is 1. The third kappa shape index (κ3) is 4.83. The molecule has 0 fully saturated rings. The van der Waals surface area contributed by atoms with Crippen LogP contribution in [0.15, 0.2) is 30.7 Å². The van der Waals surface area contributed by atoms with Crippen LogP contribution in [0.4, 0.5) is 13.2 Å². The summed E-state index contributed by atoms with van der Waals surface area (Å²) < 4.78 is 42.0. The lowest BCUT2D eigenvalue weighted by molar-refractivity contribution is -0.133. The van der Waals surface area contributed by atoms with Gasteiger partial charge in [0, 0.05) is 31.3 Å². The van der Waals surface area contributed by atoms with E-state index in [2.05, 4.69) is 20.3 Å². The van der Waals surface area contributed by atoms with Gasteiger partial charge in [0.05, 0.1) is 24.5 Å². The minimum Gasteiger partial charge on any atom is -0.335 e. The Balaban J connectivity index is 0.00000272. The van der Waals surface area contributed by atoms with Gasteiger partial charge in [-0.3, -0.25) is 4.79 Å². The molecule has 2 N–H and O–H groups in total. The van der Waals surface area contributed by atoms with E-state index in [0.717, 1.165) is 11.8 Å². The summed E-state index contributed by atoms with van der Waals surface area (Å²) in [5, 5.41) is 8.26. The molecule has 1 aliphatic heterocycles. The number of carbonyl (C=O) groups is 1. The Kier molecular flexibility index (Phi) is 6.86. The molecule has 1 aliphatic rings. The Bertz CT molecular complexity index is 1080. The van der Waals surface area contributed by atoms with Gasteiger partial charge >= 0.3 is 0 Å². The fourth-order valence-electron chi connectivity index (χ4n) is 3.42. The van der Waals surface area contributed by atoms with Gasteiger partial charge in [0.15, 0.2) is 11.6 Å². The average Bonchev–Trinajstić information content (AvgIpc) is 3.16. The van der Waals surface area contributed by atoms with E-state index in [4.69, 9.17) is 5.73 Å². The first-order valence-corrected chi connectivity index (χ1v) is 9.28. The summed E-state index contributed by atoms with van der Waals surface area (Å²) >= 11 is 0. The molecule has 0 radical (unpaired) electrons. The number of fused-ring (bicyclic) bond motifs is 1. The molecule has 12 heteroatoms. The lowest BCUT2D eigenvalue weighted by atomic mass is 10.0. The van der Waals surface area contributed by atoms with E-state index in [-0.39, 0.29) is 43.3 Å². The molecule has 1 amide bonds. The van der Waals surface area contributed by atoms with Crippen LogP contribution in [0.25, 0.3) is 11.4 Å². The van der Waals surface area contributed by atoms with E-state index in [1.165, 1.54) is 6.33 Å². The normalized spacial score (nSPS) is 14.0. The van der Waals surface area contributed by atoms with Gasteiger partial charge in [0.25, 0.3) is 0 Å². The van der Waals surface area contributed by atoms with Crippen LogP contribution in [-0.4, -0.2) is 48.4 Å². The predicted molar refractivity (Wildman–Crippen MR) is 106 cm³/mol. The second-order valence-electron chi connectivity index (χ2n) is 7.04. The highest BCUT2D eigenvalue weighted by Crippen LogP contribution is 2.23. The van der Waals surface area contributed by atoms with E-state index < -0.39 is 23.5 Å². The number of hydrogen-bond acceptors (Lipinski definition) is 6. The monoisotopic (exact) mass is 453 g/mol. The second kappa shape index (κ2) is 9.40. The van der Waals surface area contributed by atoms with Crippen molar-refractivity contribution in [3.8, 4) is 11.4 Å². The third-order valence-corrected chi connectivity index (χ3v) is 4.95. The Morgan fingerprint density at radius 1 is 1.16 bits per heavy atom. The van der Waals surface area contributed by atoms with Gasteiger partial charge in [-0.1, -0.05) is 5.21 Å². The molecular weight excluding hydrogens is 435 g/mol. The van der Waals surface area contributed by atoms with Gasteiger partial charge < -0.3 is 10.6 Å². The Hall–Kier alpha value is -3.05. The molecule has 3 heterocycles. The van der Waals surface area contributed by atoms with Crippen molar-refractivity contribution in [3.05, 3.63) is 59.4 Å². The second-order valence-corrected chi connectivity index (χ2v) is 7.04. The van der Waals surface area contributed by atoms with Gasteiger partial charge in [0.2, 0.25) is 5.91 Å². The van der Waals surface area contributed by atoms with Crippen molar-refractivity contribution in [2.75, 3.05) is 6.54 Å². The maximum Gasteiger partial charge on any atom is 0.224 e. The molecule has 0 unspecified atom stereocenters. The van der Waals surface area contributed by atoms with Gasteiger partial charge in [-0.15, -0.1) is 17.5 Å². The summed E-state index contributed by atoms with van der Waals surface area (Å²) in [6.07, 6.45) is 2.84. The Morgan fingerprint density at radius 2 is 1.94 bits per heavy atom. The maximum atomic E-state index is 13.8. The van der Waals surface area contributed by atoms with Crippen LogP contribution < -0.4 is 5.73 Å². The van der Waals surface area contributed by atoms with Crippen molar-refractivity contribution >= 4 is 18.3 Å². The number of nitrogens with two attached hydrogens (primary N) is 1. The van der Waals surface area contributed by atoms with Crippen LogP contribution in [-0.2, 0) is 24.3 Å². The zero-order valence-corrected chi connectivity index (χ0v) is 17.0. The largest absolute Gasteiger partial charge is 0.335 e. The molecule has 3 aromatic rings. The standard InChI is InChI=1S/C19H18F3N7O.ClH/c20-13-8-15(22)14(21)6-11(13)5-12(23)7-18(30)28-3-4-29-17(9-28)19(26-27-29)16-1-2-24-10-25-16;/h1-2,6,8,10,12H,3-5,7,9,23H2;1H/t12-;/m1./s1. The summed E-state index contributed by atoms with van der Waals surface area (Å²) in [5.74, 6) is -3.54. The van der Waals surface area contributed by atoms with Gasteiger partial charge in [-0.2, -0.15) is 0 Å². The van der Waals surface area contributed by atoms with E-state index in [0.29, 0.717) is 30.5 Å².